The molecule has 5 nitrogen and oxygen atoms in total. The van der Waals surface area contributed by atoms with Crippen molar-refractivity contribution in [2.24, 2.45) is 5.92 Å². The molecule has 0 spiro atoms. The highest BCUT2D eigenvalue weighted by molar-refractivity contribution is 7.99. The summed E-state index contributed by atoms with van der Waals surface area (Å²) in [6.45, 7) is 2.70. The summed E-state index contributed by atoms with van der Waals surface area (Å²) in [6, 6.07) is 8.12. The van der Waals surface area contributed by atoms with E-state index in [4.69, 9.17) is 0 Å². The topological polar surface area (TPSA) is 53.5 Å². The minimum absolute atomic E-state index is 0.171. The maximum absolute atomic E-state index is 12.4. The fraction of sp³-hybridized carbons (Fsp3) is 0.500. The number of rotatable bonds is 5. The Bertz CT molecular complexity index is 746. The summed E-state index contributed by atoms with van der Waals surface area (Å²) in [5.74, 6) is 1.98. The number of amides is 2. The molecular weight excluding hydrogens is 354 g/mol. The molecule has 0 atom stereocenters. The molecule has 2 heterocycles. The predicted octanol–water partition coefficient (Wildman–Crippen LogP) is 2.61. The van der Waals surface area contributed by atoms with Crippen molar-refractivity contribution in [3.63, 3.8) is 0 Å². The Morgan fingerprint density at radius 1 is 1.12 bits per heavy atom. The predicted molar refractivity (Wildman–Crippen MR) is 102 cm³/mol. The van der Waals surface area contributed by atoms with Gasteiger partial charge in [0, 0.05) is 37.8 Å². The lowest BCUT2D eigenvalue weighted by molar-refractivity contribution is -0.139. The highest BCUT2D eigenvalue weighted by atomic mass is 32.2. The molecule has 1 aliphatic carbocycles. The van der Waals surface area contributed by atoms with Gasteiger partial charge in [-0.1, -0.05) is 12.1 Å². The summed E-state index contributed by atoms with van der Waals surface area (Å²) in [6.07, 6.45) is 2.08. The SMILES string of the molecule is O=C(CSCc1nc2ccccc2s1)N1CCN(C(=O)C2CC2)CC1. The Morgan fingerprint density at radius 2 is 1.84 bits per heavy atom. The molecule has 1 saturated carbocycles. The van der Waals surface area contributed by atoms with E-state index in [2.05, 4.69) is 11.1 Å². The Kier molecular flexibility index (Phi) is 4.94. The molecule has 4 rings (SSSR count). The Morgan fingerprint density at radius 3 is 2.56 bits per heavy atom. The number of piperazine rings is 1. The van der Waals surface area contributed by atoms with Gasteiger partial charge in [0.1, 0.15) is 5.01 Å². The van der Waals surface area contributed by atoms with Crippen LogP contribution in [-0.2, 0) is 15.3 Å². The third-order valence-electron chi connectivity index (χ3n) is 4.66. The first-order chi connectivity index (χ1) is 12.2. The smallest absolute Gasteiger partial charge is 0.232 e. The molecular formula is C18H21N3O2S2. The average molecular weight is 376 g/mol. The summed E-state index contributed by atoms with van der Waals surface area (Å²) < 4.78 is 1.20. The van der Waals surface area contributed by atoms with Crippen molar-refractivity contribution in [2.75, 3.05) is 31.9 Å². The van der Waals surface area contributed by atoms with Gasteiger partial charge in [-0.25, -0.2) is 4.98 Å². The number of fused-ring (bicyclic) bond motifs is 1. The van der Waals surface area contributed by atoms with Crippen molar-refractivity contribution in [2.45, 2.75) is 18.6 Å². The van der Waals surface area contributed by atoms with Gasteiger partial charge in [0.25, 0.3) is 0 Å². The lowest BCUT2D eigenvalue weighted by Gasteiger charge is -2.34. The van der Waals surface area contributed by atoms with Crippen LogP contribution in [0.5, 0.6) is 0 Å². The highest BCUT2D eigenvalue weighted by Gasteiger charge is 2.35. The van der Waals surface area contributed by atoms with Gasteiger partial charge < -0.3 is 9.80 Å². The van der Waals surface area contributed by atoms with Crippen LogP contribution < -0.4 is 0 Å². The molecule has 1 aliphatic heterocycles. The van der Waals surface area contributed by atoms with Crippen molar-refractivity contribution in [3.05, 3.63) is 29.3 Å². The van der Waals surface area contributed by atoms with E-state index in [1.807, 2.05) is 28.0 Å². The average Bonchev–Trinajstić information content (AvgIpc) is 3.41. The maximum atomic E-state index is 12.4. The molecule has 0 N–H and O–H groups in total. The Balaban J connectivity index is 1.22. The minimum Gasteiger partial charge on any atom is -0.339 e. The number of para-hydroxylation sites is 1. The van der Waals surface area contributed by atoms with Crippen LogP contribution >= 0.6 is 23.1 Å². The first-order valence-electron chi connectivity index (χ1n) is 8.69. The number of thioether (sulfide) groups is 1. The summed E-state index contributed by atoms with van der Waals surface area (Å²) in [5, 5.41) is 1.07. The van der Waals surface area contributed by atoms with Crippen molar-refractivity contribution >= 4 is 45.1 Å². The fourth-order valence-corrected chi connectivity index (χ4v) is 5.01. The quantitative estimate of drug-likeness (QED) is 0.806. The molecule has 25 heavy (non-hydrogen) atoms. The number of thiazole rings is 1. The normalized spacial score (nSPS) is 17.9. The summed E-state index contributed by atoms with van der Waals surface area (Å²) in [4.78, 5) is 32.8. The monoisotopic (exact) mass is 375 g/mol. The first-order valence-corrected chi connectivity index (χ1v) is 10.7. The molecule has 1 aromatic carbocycles. The number of carbonyl (C=O) groups excluding carboxylic acids is 2. The number of benzene rings is 1. The van der Waals surface area contributed by atoms with Gasteiger partial charge in [0.15, 0.2) is 0 Å². The van der Waals surface area contributed by atoms with Gasteiger partial charge in [0.2, 0.25) is 11.8 Å². The van der Waals surface area contributed by atoms with Crippen LogP contribution in [-0.4, -0.2) is 58.5 Å². The van der Waals surface area contributed by atoms with Crippen LogP contribution in [0, 0.1) is 5.92 Å². The Labute approximate surface area is 155 Å². The second-order valence-electron chi connectivity index (χ2n) is 6.55. The van der Waals surface area contributed by atoms with E-state index in [1.54, 1.807) is 23.1 Å². The standard InChI is InChI=1S/C18H21N3O2S2/c22-17(20-7-9-21(10-8-20)18(23)13-5-6-13)12-24-11-16-19-14-3-1-2-4-15(14)25-16/h1-4,13H,5-12H2. The van der Waals surface area contributed by atoms with Gasteiger partial charge in [-0.05, 0) is 25.0 Å². The van der Waals surface area contributed by atoms with Crippen LogP contribution in [0.25, 0.3) is 10.2 Å². The molecule has 132 valence electrons. The molecule has 2 aromatic rings. The van der Waals surface area contributed by atoms with E-state index in [-0.39, 0.29) is 17.7 Å². The number of aromatic nitrogens is 1. The second-order valence-corrected chi connectivity index (χ2v) is 8.65. The van der Waals surface area contributed by atoms with E-state index in [0.717, 1.165) is 29.1 Å². The molecule has 2 aliphatic rings. The lowest BCUT2D eigenvalue weighted by Crippen LogP contribution is -2.51. The van der Waals surface area contributed by atoms with Crippen LogP contribution in [0.1, 0.15) is 17.8 Å². The van der Waals surface area contributed by atoms with Gasteiger partial charge in [-0.15, -0.1) is 23.1 Å². The summed E-state index contributed by atoms with van der Waals surface area (Å²) in [5.41, 5.74) is 1.03. The molecule has 1 aromatic heterocycles. The van der Waals surface area contributed by atoms with Crippen LogP contribution in [0.2, 0.25) is 0 Å². The van der Waals surface area contributed by atoms with Crippen molar-refractivity contribution in [3.8, 4) is 0 Å². The molecule has 0 unspecified atom stereocenters. The van der Waals surface area contributed by atoms with E-state index >= 15 is 0 Å². The number of hydrogen-bond donors (Lipinski definition) is 0. The van der Waals surface area contributed by atoms with E-state index in [9.17, 15) is 9.59 Å². The van der Waals surface area contributed by atoms with Crippen LogP contribution in [0.4, 0.5) is 0 Å². The highest BCUT2D eigenvalue weighted by Crippen LogP contribution is 2.31. The zero-order valence-corrected chi connectivity index (χ0v) is 15.7. The maximum Gasteiger partial charge on any atom is 0.232 e. The zero-order valence-electron chi connectivity index (χ0n) is 14.0. The number of hydrogen-bond acceptors (Lipinski definition) is 5. The van der Waals surface area contributed by atoms with Crippen molar-refractivity contribution in [1.29, 1.82) is 0 Å². The Hall–Kier alpha value is -1.60. The molecule has 7 heteroatoms. The lowest BCUT2D eigenvalue weighted by atomic mass is 10.2. The van der Waals surface area contributed by atoms with E-state index < -0.39 is 0 Å². The number of nitrogens with zero attached hydrogens (tertiary/aromatic N) is 3. The van der Waals surface area contributed by atoms with Crippen molar-refractivity contribution in [1.82, 2.24) is 14.8 Å². The van der Waals surface area contributed by atoms with Gasteiger partial charge in [-0.3, -0.25) is 9.59 Å². The van der Waals surface area contributed by atoms with E-state index in [1.165, 1.54) is 4.70 Å². The van der Waals surface area contributed by atoms with Crippen molar-refractivity contribution < 1.29 is 9.59 Å². The third-order valence-corrected chi connectivity index (χ3v) is 6.81. The first kappa shape index (κ1) is 16.8. The molecule has 1 saturated heterocycles. The van der Waals surface area contributed by atoms with Gasteiger partial charge in [-0.2, -0.15) is 0 Å². The zero-order chi connectivity index (χ0) is 17.2. The minimum atomic E-state index is 0.171. The molecule has 2 fully saturated rings. The molecule has 0 bridgehead atoms. The fourth-order valence-electron chi connectivity index (χ4n) is 3.06. The van der Waals surface area contributed by atoms with Gasteiger partial charge in [0.05, 0.1) is 16.0 Å². The largest absolute Gasteiger partial charge is 0.339 e. The molecule has 2 amide bonds. The number of carbonyl (C=O) groups is 2. The van der Waals surface area contributed by atoms with Crippen LogP contribution in [0.15, 0.2) is 24.3 Å². The third kappa shape index (κ3) is 3.98. The summed E-state index contributed by atoms with van der Waals surface area (Å²) >= 11 is 3.32. The second kappa shape index (κ2) is 7.33. The van der Waals surface area contributed by atoms with Gasteiger partial charge >= 0.3 is 0 Å². The van der Waals surface area contributed by atoms with Crippen LogP contribution in [0.3, 0.4) is 0 Å². The van der Waals surface area contributed by atoms with E-state index in [0.29, 0.717) is 31.9 Å². The molecule has 0 radical (unpaired) electrons. The summed E-state index contributed by atoms with van der Waals surface area (Å²) in [7, 11) is 0.